The van der Waals surface area contributed by atoms with E-state index in [2.05, 4.69) is 12.2 Å². The van der Waals surface area contributed by atoms with Gasteiger partial charge in [0.05, 0.1) is 0 Å². The molecule has 0 atom stereocenters. The summed E-state index contributed by atoms with van der Waals surface area (Å²) in [6.07, 6.45) is 8.34. The summed E-state index contributed by atoms with van der Waals surface area (Å²) >= 11 is 0. The van der Waals surface area contributed by atoms with Crippen molar-refractivity contribution < 1.29 is 14.2 Å². The molecule has 0 bridgehead atoms. The Morgan fingerprint density at radius 3 is 2.88 bits per heavy atom. The summed E-state index contributed by atoms with van der Waals surface area (Å²) in [6.45, 7) is 0.446. The quantitative estimate of drug-likeness (QED) is 0.847. The first-order chi connectivity index (χ1) is 7.75. The summed E-state index contributed by atoms with van der Waals surface area (Å²) in [5.41, 5.74) is 1.11. The Kier molecular flexibility index (Phi) is 3.25. The van der Waals surface area contributed by atoms with E-state index in [0.29, 0.717) is 12.4 Å². The maximum atomic E-state index is 12.8. The van der Waals surface area contributed by atoms with Crippen LogP contribution in [0.2, 0.25) is 0 Å². The Morgan fingerprint density at radius 1 is 1.31 bits per heavy atom. The molecule has 0 fully saturated rings. The van der Waals surface area contributed by atoms with Crippen molar-refractivity contribution in [1.82, 2.24) is 0 Å². The van der Waals surface area contributed by atoms with E-state index >= 15 is 0 Å². The lowest BCUT2D eigenvalue weighted by Gasteiger charge is -2.09. The fourth-order valence-electron chi connectivity index (χ4n) is 1.52. The van der Waals surface area contributed by atoms with Crippen LogP contribution in [-0.4, -0.2) is 11.7 Å². The third kappa shape index (κ3) is 2.63. The van der Waals surface area contributed by atoms with Gasteiger partial charge >= 0.3 is 0 Å². The largest absolute Gasteiger partial charge is 0.505 e. The van der Waals surface area contributed by atoms with Gasteiger partial charge in [-0.15, -0.1) is 0 Å². The maximum Gasteiger partial charge on any atom is 0.165 e. The second-order valence-corrected chi connectivity index (χ2v) is 3.66. The lowest BCUT2D eigenvalue weighted by atomic mass is 10.1. The highest BCUT2D eigenvalue weighted by molar-refractivity contribution is 5.34. The van der Waals surface area contributed by atoms with Gasteiger partial charge in [0, 0.05) is 6.07 Å². The van der Waals surface area contributed by atoms with Gasteiger partial charge in [0.1, 0.15) is 12.4 Å². The van der Waals surface area contributed by atoms with E-state index in [0.717, 1.165) is 18.4 Å². The van der Waals surface area contributed by atoms with E-state index in [9.17, 15) is 4.39 Å². The number of ether oxygens (including phenoxy) is 1. The second-order valence-electron chi connectivity index (χ2n) is 3.66. The van der Waals surface area contributed by atoms with Crippen molar-refractivity contribution in [2.45, 2.75) is 12.8 Å². The predicted octanol–water partition coefficient (Wildman–Crippen LogP) is 3.19. The van der Waals surface area contributed by atoms with Crippen LogP contribution in [0.25, 0.3) is 0 Å². The Morgan fingerprint density at radius 2 is 2.19 bits per heavy atom. The zero-order valence-electron chi connectivity index (χ0n) is 8.82. The normalized spacial score (nSPS) is 14.7. The highest BCUT2D eigenvalue weighted by Crippen LogP contribution is 2.22. The van der Waals surface area contributed by atoms with Gasteiger partial charge in [-0.05, 0) is 30.5 Å². The molecule has 0 saturated carbocycles. The number of phenols is 1. The van der Waals surface area contributed by atoms with Crippen molar-refractivity contribution in [1.29, 1.82) is 0 Å². The van der Waals surface area contributed by atoms with Crippen LogP contribution in [0, 0.1) is 5.82 Å². The molecule has 0 aliphatic heterocycles. The first-order valence-electron chi connectivity index (χ1n) is 5.22. The second kappa shape index (κ2) is 4.84. The van der Waals surface area contributed by atoms with Crippen LogP contribution >= 0.6 is 0 Å². The third-order valence-electron chi connectivity index (χ3n) is 2.39. The monoisotopic (exact) mass is 220 g/mol. The van der Waals surface area contributed by atoms with Crippen LogP contribution in [0.15, 0.2) is 42.0 Å². The summed E-state index contributed by atoms with van der Waals surface area (Å²) in [4.78, 5) is 0. The van der Waals surface area contributed by atoms with E-state index in [4.69, 9.17) is 9.84 Å². The summed E-state index contributed by atoms with van der Waals surface area (Å²) in [5.74, 6) is -0.548. The fraction of sp³-hybridized carbons (Fsp3) is 0.231. The van der Waals surface area contributed by atoms with Crippen LogP contribution in [0.4, 0.5) is 4.39 Å². The average Bonchev–Trinajstić information content (AvgIpc) is 2.32. The molecule has 0 heterocycles. The summed E-state index contributed by atoms with van der Waals surface area (Å²) in [6, 6.07) is 3.97. The standard InChI is InChI=1S/C13H13FO2/c14-12-7-6-11(8-13(12)15)16-9-10-4-2-1-3-5-10/h2,4-8,15H,1,3,9H2. The minimum absolute atomic E-state index is 0.384. The van der Waals surface area contributed by atoms with Gasteiger partial charge in [0.15, 0.2) is 11.6 Å². The Labute approximate surface area is 93.7 Å². The molecule has 1 N–H and O–H groups in total. The minimum Gasteiger partial charge on any atom is -0.505 e. The molecule has 3 heteroatoms. The first-order valence-corrected chi connectivity index (χ1v) is 5.22. The van der Waals surface area contributed by atoms with E-state index in [-0.39, 0.29) is 5.75 Å². The molecule has 0 aromatic heterocycles. The molecule has 1 aliphatic rings. The Balaban J connectivity index is 1.96. The van der Waals surface area contributed by atoms with Crippen molar-refractivity contribution in [3.63, 3.8) is 0 Å². The third-order valence-corrected chi connectivity index (χ3v) is 2.39. The first kappa shape index (κ1) is 10.7. The van der Waals surface area contributed by atoms with Gasteiger partial charge < -0.3 is 9.84 Å². The van der Waals surface area contributed by atoms with Crippen molar-refractivity contribution in [2.75, 3.05) is 6.61 Å². The molecular weight excluding hydrogens is 207 g/mol. The molecule has 1 aliphatic carbocycles. The topological polar surface area (TPSA) is 29.5 Å². The summed E-state index contributed by atoms with van der Waals surface area (Å²) < 4.78 is 18.2. The molecular formula is C13H13FO2. The van der Waals surface area contributed by atoms with Crippen molar-refractivity contribution in [3.05, 3.63) is 47.8 Å². The number of allylic oxidation sites excluding steroid dienone is 2. The smallest absolute Gasteiger partial charge is 0.165 e. The number of aromatic hydroxyl groups is 1. The van der Waals surface area contributed by atoms with Gasteiger partial charge in [-0.2, -0.15) is 0 Å². The van der Waals surface area contributed by atoms with Gasteiger partial charge in [-0.1, -0.05) is 18.2 Å². The molecule has 0 radical (unpaired) electrons. The molecule has 16 heavy (non-hydrogen) atoms. The average molecular weight is 220 g/mol. The number of phenolic OH excluding ortho intramolecular Hbond substituents is 1. The van der Waals surface area contributed by atoms with Crippen molar-refractivity contribution in [2.24, 2.45) is 0 Å². The molecule has 1 aromatic rings. The van der Waals surface area contributed by atoms with E-state index in [1.165, 1.54) is 18.2 Å². The van der Waals surface area contributed by atoms with Crippen LogP contribution in [0.3, 0.4) is 0 Å². The van der Waals surface area contributed by atoms with Gasteiger partial charge in [-0.3, -0.25) is 0 Å². The lowest BCUT2D eigenvalue weighted by Crippen LogP contribution is -2.01. The molecule has 0 spiro atoms. The van der Waals surface area contributed by atoms with E-state index in [1.54, 1.807) is 0 Å². The molecule has 2 nitrogen and oxygen atoms in total. The van der Waals surface area contributed by atoms with Crippen molar-refractivity contribution >= 4 is 0 Å². The van der Waals surface area contributed by atoms with Crippen LogP contribution in [0.5, 0.6) is 11.5 Å². The minimum atomic E-state index is -0.635. The van der Waals surface area contributed by atoms with Crippen molar-refractivity contribution in [3.8, 4) is 11.5 Å². The Bertz CT molecular complexity index is 436. The maximum absolute atomic E-state index is 12.8. The van der Waals surface area contributed by atoms with E-state index < -0.39 is 5.82 Å². The van der Waals surface area contributed by atoms with Gasteiger partial charge in [0.2, 0.25) is 0 Å². The van der Waals surface area contributed by atoms with Crippen LogP contribution in [-0.2, 0) is 0 Å². The number of hydrogen-bond donors (Lipinski definition) is 1. The summed E-state index contributed by atoms with van der Waals surface area (Å²) in [7, 11) is 0. The number of rotatable bonds is 3. The molecule has 0 unspecified atom stereocenters. The molecule has 1 aromatic carbocycles. The number of halogens is 1. The molecule has 2 rings (SSSR count). The Hall–Kier alpha value is -1.77. The van der Waals surface area contributed by atoms with E-state index in [1.807, 2.05) is 6.08 Å². The lowest BCUT2D eigenvalue weighted by molar-refractivity contribution is 0.348. The van der Waals surface area contributed by atoms with Crippen LogP contribution in [0.1, 0.15) is 12.8 Å². The predicted molar refractivity (Wildman–Crippen MR) is 60.0 cm³/mol. The SMILES string of the molecule is Oc1cc(OCC2=CCCC=C2)ccc1F. The highest BCUT2D eigenvalue weighted by Gasteiger charge is 2.03. The van der Waals surface area contributed by atoms with Gasteiger partial charge in [0.25, 0.3) is 0 Å². The summed E-state index contributed by atoms with van der Waals surface area (Å²) in [5, 5.41) is 9.15. The zero-order valence-corrected chi connectivity index (χ0v) is 8.82. The molecule has 0 saturated heterocycles. The highest BCUT2D eigenvalue weighted by atomic mass is 19.1. The zero-order chi connectivity index (χ0) is 11.4. The fourth-order valence-corrected chi connectivity index (χ4v) is 1.52. The number of benzene rings is 1. The van der Waals surface area contributed by atoms with Gasteiger partial charge in [-0.25, -0.2) is 4.39 Å². The number of hydrogen-bond acceptors (Lipinski definition) is 2. The van der Waals surface area contributed by atoms with Crippen LogP contribution < -0.4 is 4.74 Å². The molecule has 0 amide bonds. The molecule has 84 valence electrons.